The minimum Gasteiger partial charge on any atom is -0.472 e. The number of pyridine rings is 1. The molecule has 2 heterocycles. The predicted octanol–water partition coefficient (Wildman–Crippen LogP) is 1.43. The molecule has 19 heavy (non-hydrogen) atoms. The molecule has 2 N–H and O–H groups in total. The summed E-state index contributed by atoms with van der Waals surface area (Å²) in [4.78, 5) is 27.0. The van der Waals surface area contributed by atoms with E-state index in [4.69, 9.17) is 4.42 Å². The van der Waals surface area contributed by atoms with Gasteiger partial charge in [-0.05, 0) is 18.2 Å². The van der Waals surface area contributed by atoms with Crippen LogP contribution in [0.5, 0.6) is 0 Å². The molecule has 2 rings (SSSR count). The van der Waals surface area contributed by atoms with Crippen molar-refractivity contribution in [3.8, 4) is 0 Å². The molecule has 0 atom stereocenters. The maximum Gasteiger partial charge on any atom is 0.254 e. The highest BCUT2D eigenvalue weighted by molar-refractivity contribution is 5.94. The summed E-state index contributed by atoms with van der Waals surface area (Å²) >= 11 is 0. The molecule has 0 aliphatic carbocycles. The molecule has 0 radical (unpaired) electrons. The molecule has 0 bridgehead atoms. The van der Waals surface area contributed by atoms with Crippen LogP contribution in [0.2, 0.25) is 0 Å². The predicted molar refractivity (Wildman–Crippen MR) is 68.5 cm³/mol. The van der Waals surface area contributed by atoms with Gasteiger partial charge in [-0.1, -0.05) is 0 Å². The van der Waals surface area contributed by atoms with Crippen molar-refractivity contribution in [2.45, 2.75) is 6.42 Å². The Bertz CT molecular complexity index is 538. The Balaban J connectivity index is 1.71. The fourth-order valence-corrected chi connectivity index (χ4v) is 1.45. The number of hydrogen-bond acceptors (Lipinski definition) is 4. The molecule has 0 saturated carbocycles. The van der Waals surface area contributed by atoms with Crippen LogP contribution in [0.3, 0.4) is 0 Å². The van der Waals surface area contributed by atoms with E-state index in [9.17, 15) is 9.59 Å². The third kappa shape index (κ3) is 3.95. The van der Waals surface area contributed by atoms with Gasteiger partial charge in [0, 0.05) is 19.2 Å². The van der Waals surface area contributed by atoms with Gasteiger partial charge < -0.3 is 15.1 Å². The Kier molecular flexibility index (Phi) is 4.28. The zero-order valence-electron chi connectivity index (χ0n) is 10.1. The van der Waals surface area contributed by atoms with Crippen LogP contribution < -0.4 is 10.6 Å². The van der Waals surface area contributed by atoms with Crippen molar-refractivity contribution in [2.75, 3.05) is 11.9 Å². The molecule has 6 heteroatoms. The van der Waals surface area contributed by atoms with Crippen LogP contribution in [0.1, 0.15) is 16.8 Å². The first-order valence-electron chi connectivity index (χ1n) is 5.76. The van der Waals surface area contributed by atoms with E-state index in [0.29, 0.717) is 11.3 Å². The molecule has 98 valence electrons. The lowest BCUT2D eigenvalue weighted by Gasteiger charge is -2.05. The van der Waals surface area contributed by atoms with Crippen molar-refractivity contribution < 1.29 is 14.0 Å². The molecule has 0 aliphatic rings. The van der Waals surface area contributed by atoms with Crippen molar-refractivity contribution >= 4 is 17.5 Å². The Morgan fingerprint density at radius 1 is 1.32 bits per heavy atom. The zero-order valence-corrected chi connectivity index (χ0v) is 10.1. The number of carbonyl (C=O) groups excluding carboxylic acids is 2. The molecule has 0 aromatic carbocycles. The van der Waals surface area contributed by atoms with Crippen LogP contribution in [-0.2, 0) is 4.79 Å². The van der Waals surface area contributed by atoms with Gasteiger partial charge in [0.05, 0.1) is 23.7 Å². The summed E-state index contributed by atoms with van der Waals surface area (Å²) in [5.41, 5.74) is 1.07. The van der Waals surface area contributed by atoms with Crippen LogP contribution in [0.4, 0.5) is 5.69 Å². The molecule has 2 aromatic heterocycles. The summed E-state index contributed by atoms with van der Waals surface area (Å²) in [5, 5.41) is 5.31. The Labute approximate surface area is 109 Å². The normalized spacial score (nSPS) is 9.89. The van der Waals surface area contributed by atoms with E-state index in [-0.39, 0.29) is 24.8 Å². The third-order valence-electron chi connectivity index (χ3n) is 2.37. The van der Waals surface area contributed by atoms with Gasteiger partial charge in [0.2, 0.25) is 5.91 Å². The topological polar surface area (TPSA) is 84.2 Å². The second-order valence-electron chi connectivity index (χ2n) is 3.81. The number of rotatable bonds is 5. The zero-order chi connectivity index (χ0) is 13.5. The van der Waals surface area contributed by atoms with Crippen molar-refractivity contribution in [3.63, 3.8) is 0 Å². The highest BCUT2D eigenvalue weighted by Gasteiger charge is 2.07. The summed E-state index contributed by atoms with van der Waals surface area (Å²) in [6, 6.07) is 5.04. The SMILES string of the molecule is O=C(CCNC(=O)c1ccoc1)Nc1cccnc1. The summed E-state index contributed by atoms with van der Waals surface area (Å²) in [7, 11) is 0. The number of anilines is 1. The minimum atomic E-state index is -0.261. The Morgan fingerprint density at radius 3 is 2.89 bits per heavy atom. The van der Waals surface area contributed by atoms with Gasteiger partial charge in [0.15, 0.2) is 0 Å². The number of furan rings is 1. The number of nitrogens with one attached hydrogen (secondary N) is 2. The average Bonchev–Trinajstić information content (AvgIpc) is 2.93. The minimum absolute atomic E-state index is 0.180. The van der Waals surface area contributed by atoms with Crippen LogP contribution in [0, 0.1) is 0 Å². The largest absolute Gasteiger partial charge is 0.472 e. The van der Waals surface area contributed by atoms with E-state index in [2.05, 4.69) is 15.6 Å². The van der Waals surface area contributed by atoms with Gasteiger partial charge in [-0.25, -0.2) is 0 Å². The summed E-state index contributed by atoms with van der Waals surface area (Å²) in [6.45, 7) is 0.260. The molecule has 0 saturated heterocycles. The maximum absolute atomic E-state index is 11.6. The molecule has 0 unspecified atom stereocenters. The van der Waals surface area contributed by atoms with Crippen molar-refractivity contribution in [2.24, 2.45) is 0 Å². The van der Waals surface area contributed by atoms with Gasteiger partial charge in [-0.2, -0.15) is 0 Å². The summed E-state index contributed by atoms with van der Waals surface area (Å²) in [6.07, 6.45) is 6.15. The number of nitrogens with zero attached hydrogens (tertiary/aromatic N) is 1. The standard InChI is InChI=1S/C13H13N3O3/c17-12(16-11-2-1-5-14-8-11)3-6-15-13(18)10-4-7-19-9-10/h1-2,4-5,7-9H,3,6H2,(H,15,18)(H,16,17). The van der Waals surface area contributed by atoms with Gasteiger partial charge in [-0.3, -0.25) is 14.6 Å². The molecule has 0 spiro atoms. The van der Waals surface area contributed by atoms with E-state index in [1.54, 1.807) is 30.6 Å². The van der Waals surface area contributed by atoms with Crippen molar-refractivity contribution in [3.05, 3.63) is 48.7 Å². The van der Waals surface area contributed by atoms with Crippen molar-refractivity contribution in [1.82, 2.24) is 10.3 Å². The number of amides is 2. The molecule has 0 aliphatic heterocycles. The van der Waals surface area contributed by atoms with Gasteiger partial charge in [0.25, 0.3) is 5.91 Å². The number of hydrogen-bond donors (Lipinski definition) is 2. The van der Waals surface area contributed by atoms with E-state index >= 15 is 0 Å². The van der Waals surface area contributed by atoms with Gasteiger partial charge in [-0.15, -0.1) is 0 Å². The smallest absolute Gasteiger partial charge is 0.254 e. The second kappa shape index (κ2) is 6.34. The van der Waals surface area contributed by atoms with E-state index in [1.807, 2.05) is 0 Å². The third-order valence-corrected chi connectivity index (χ3v) is 2.37. The number of carbonyl (C=O) groups is 2. The Hall–Kier alpha value is -2.63. The first kappa shape index (κ1) is 12.8. The highest BCUT2D eigenvalue weighted by atomic mass is 16.3. The van der Waals surface area contributed by atoms with Gasteiger partial charge >= 0.3 is 0 Å². The number of aromatic nitrogens is 1. The van der Waals surface area contributed by atoms with Crippen LogP contribution in [0.25, 0.3) is 0 Å². The monoisotopic (exact) mass is 259 g/mol. The van der Waals surface area contributed by atoms with Crippen molar-refractivity contribution in [1.29, 1.82) is 0 Å². The lowest BCUT2D eigenvalue weighted by Crippen LogP contribution is -2.27. The first-order valence-corrected chi connectivity index (χ1v) is 5.76. The van der Waals surface area contributed by atoms with Crippen LogP contribution in [-0.4, -0.2) is 23.3 Å². The maximum atomic E-state index is 11.6. The fourth-order valence-electron chi connectivity index (χ4n) is 1.45. The summed E-state index contributed by atoms with van der Waals surface area (Å²) in [5.74, 6) is -0.441. The second-order valence-corrected chi connectivity index (χ2v) is 3.81. The van der Waals surface area contributed by atoms with E-state index < -0.39 is 0 Å². The fraction of sp³-hybridized carbons (Fsp3) is 0.154. The first-order chi connectivity index (χ1) is 9.25. The van der Waals surface area contributed by atoms with E-state index in [0.717, 1.165) is 0 Å². The quantitative estimate of drug-likeness (QED) is 0.850. The summed E-state index contributed by atoms with van der Waals surface area (Å²) < 4.78 is 4.79. The Morgan fingerprint density at radius 2 is 2.21 bits per heavy atom. The average molecular weight is 259 g/mol. The van der Waals surface area contributed by atoms with Crippen LogP contribution >= 0.6 is 0 Å². The molecule has 2 amide bonds. The highest BCUT2D eigenvalue weighted by Crippen LogP contribution is 2.03. The molecular formula is C13H13N3O3. The lowest BCUT2D eigenvalue weighted by atomic mass is 10.3. The molecule has 0 fully saturated rings. The molecular weight excluding hydrogens is 246 g/mol. The van der Waals surface area contributed by atoms with E-state index in [1.165, 1.54) is 12.5 Å². The lowest BCUT2D eigenvalue weighted by molar-refractivity contribution is -0.116. The molecule has 6 nitrogen and oxygen atoms in total. The van der Waals surface area contributed by atoms with Crippen LogP contribution in [0.15, 0.2) is 47.5 Å². The van der Waals surface area contributed by atoms with Gasteiger partial charge in [0.1, 0.15) is 6.26 Å². The molecule has 2 aromatic rings.